The molecule has 1 N–H and O–H groups in total. The van der Waals surface area contributed by atoms with Gasteiger partial charge in [0.15, 0.2) is 5.16 Å². The number of aromatic nitrogens is 2. The van der Waals surface area contributed by atoms with Crippen LogP contribution >= 0.6 is 11.8 Å². The van der Waals surface area contributed by atoms with Crippen molar-refractivity contribution in [1.29, 1.82) is 0 Å². The number of carbonyl (C=O) groups excluding carboxylic acids is 1. The molecule has 0 aliphatic rings. The van der Waals surface area contributed by atoms with Gasteiger partial charge in [0, 0.05) is 19.8 Å². The van der Waals surface area contributed by atoms with Gasteiger partial charge in [0.05, 0.1) is 21.8 Å². The standard InChI is InChI=1S/C25H31N3O3S/c1-5-31-16-10-15-26-23(29)18(4)32-25-27-21-13-8-6-12-20(21)24(30)28(25)22-14-9-7-11-19(22)17(2)3/h6-9,11-14,17-18H,5,10,15-16H2,1-4H3,(H,26,29). The normalized spacial score (nSPS) is 12.3. The number of hydrogen-bond donors (Lipinski definition) is 1. The molecule has 1 aromatic heterocycles. The molecule has 1 unspecified atom stereocenters. The predicted octanol–water partition coefficient (Wildman–Crippen LogP) is 4.53. The summed E-state index contributed by atoms with van der Waals surface area (Å²) in [7, 11) is 0. The van der Waals surface area contributed by atoms with E-state index in [2.05, 4.69) is 19.2 Å². The molecule has 1 atom stereocenters. The molecule has 170 valence electrons. The van der Waals surface area contributed by atoms with Crippen LogP contribution in [0.15, 0.2) is 58.5 Å². The number of fused-ring (bicyclic) bond motifs is 1. The highest BCUT2D eigenvalue weighted by molar-refractivity contribution is 8.00. The van der Waals surface area contributed by atoms with Gasteiger partial charge >= 0.3 is 0 Å². The van der Waals surface area contributed by atoms with Crippen molar-refractivity contribution in [2.75, 3.05) is 19.8 Å². The van der Waals surface area contributed by atoms with Gasteiger partial charge in [-0.25, -0.2) is 4.98 Å². The molecule has 0 saturated carbocycles. The summed E-state index contributed by atoms with van der Waals surface area (Å²) in [5.74, 6) is 0.145. The third-order valence-electron chi connectivity index (χ3n) is 5.16. The fraction of sp³-hybridized carbons (Fsp3) is 0.400. The van der Waals surface area contributed by atoms with E-state index in [0.29, 0.717) is 35.8 Å². The van der Waals surface area contributed by atoms with Crippen LogP contribution in [0, 0.1) is 0 Å². The summed E-state index contributed by atoms with van der Waals surface area (Å²) in [6.07, 6.45) is 0.762. The molecule has 0 radical (unpaired) electrons. The second-order valence-corrected chi connectivity index (χ2v) is 9.18. The van der Waals surface area contributed by atoms with Crippen LogP contribution in [0.2, 0.25) is 0 Å². The number of nitrogens with zero attached hydrogens (tertiary/aromatic N) is 2. The number of hydrogen-bond acceptors (Lipinski definition) is 5. The number of amides is 1. The minimum absolute atomic E-state index is 0.0856. The maximum Gasteiger partial charge on any atom is 0.266 e. The summed E-state index contributed by atoms with van der Waals surface area (Å²) in [4.78, 5) is 31.0. The molecule has 3 rings (SSSR count). The molecule has 0 bridgehead atoms. The second kappa shape index (κ2) is 11.3. The molecule has 7 heteroatoms. The van der Waals surface area contributed by atoms with E-state index in [4.69, 9.17) is 9.72 Å². The molecule has 0 saturated heterocycles. The molecule has 1 amide bonds. The van der Waals surface area contributed by atoms with E-state index in [1.165, 1.54) is 11.8 Å². The fourth-order valence-corrected chi connectivity index (χ4v) is 4.41. The molecule has 32 heavy (non-hydrogen) atoms. The zero-order valence-electron chi connectivity index (χ0n) is 19.1. The largest absolute Gasteiger partial charge is 0.382 e. The van der Waals surface area contributed by atoms with Gasteiger partial charge in [0.1, 0.15) is 0 Å². The van der Waals surface area contributed by atoms with E-state index in [1.54, 1.807) is 10.6 Å². The summed E-state index contributed by atoms with van der Waals surface area (Å²) in [5, 5.41) is 3.61. The van der Waals surface area contributed by atoms with Crippen LogP contribution in [0.25, 0.3) is 16.6 Å². The van der Waals surface area contributed by atoms with Gasteiger partial charge in [-0.2, -0.15) is 0 Å². The van der Waals surface area contributed by atoms with E-state index >= 15 is 0 Å². The number of benzene rings is 2. The summed E-state index contributed by atoms with van der Waals surface area (Å²) in [6, 6.07) is 15.2. The van der Waals surface area contributed by atoms with Crippen LogP contribution in [0.1, 0.15) is 45.6 Å². The first kappa shape index (κ1) is 24.0. The molecule has 0 aliphatic carbocycles. The quantitative estimate of drug-likeness (QED) is 0.277. The van der Waals surface area contributed by atoms with Crippen molar-refractivity contribution in [3.05, 3.63) is 64.4 Å². The van der Waals surface area contributed by atoms with Crippen molar-refractivity contribution < 1.29 is 9.53 Å². The van der Waals surface area contributed by atoms with E-state index in [-0.39, 0.29) is 17.4 Å². The van der Waals surface area contributed by atoms with E-state index in [9.17, 15) is 9.59 Å². The lowest BCUT2D eigenvalue weighted by Crippen LogP contribution is -2.33. The van der Waals surface area contributed by atoms with E-state index in [0.717, 1.165) is 17.7 Å². The molecule has 0 aliphatic heterocycles. The zero-order valence-corrected chi connectivity index (χ0v) is 19.9. The monoisotopic (exact) mass is 453 g/mol. The predicted molar refractivity (Wildman–Crippen MR) is 131 cm³/mol. The average molecular weight is 454 g/mol. The average Bonchev–Trinajstić information content (AvgIpc) is 2.79. The van der Waals surface area contributed by atoms with Crippen LogP contribution < -0.4 is 10.9 Å². The van der Waals surface area contributed by atoms with Gasteiger partial charge in [0.2, 0.25) is 5.91 Å². The molecule has 0 spiro atoms. The van der Waals surface area contributed by atoms with Crippen molar-refractivity contribution in [3.63, 3.8) is 0 Å². The van der Waals surface area contributed by atoms with Crippen molar-refractivity contribution in [2.24, 2.45) is 0 Å². The van der Waals surface area contributed by atoms with Crippen molar-refractivity contribution >= 4 is 28.6 Å². The fourth-order valence-electron chi connectivity index (χ4n) is 3.47. The van der Waals surface area contributed by atoms with Crippen molar-refractivity contribution in [3.8, 4) is 5.69 Å². The maximum absolute atomic E-state index is 13.5. The Hall–Kier alpha value is -2.64. The zero-order chi connectivity index (χ0) is 23.1. The minimum Gasteiger partial charge on any atom is -0.382 e. The number of para-hydroxylation sites is 2. The third-order valence-corrected chi connectivity index (χ3v) is 6.22. The lowest BCUT2D eigenvalue weighted by Gasteiger charge is -2.19. The van der Waals surface area contributed by atoms with E-state index < -0.39 is 5.25 Å². The number of carbonyl (C=O) groups is 1. The van der Waals surface area contributed by atoms with Crippen LogP contribution in [-0.2, 0) is 9.53 Å². The summed E-state index contributed by atoms with van der Waals surface area (Å²) < 4.78 is 6.97. The van der Waals surface area contributed by atoms with Crippen molar-refractivity contribution in [1.82, 2.24) is 14.9 Å². The lowest BCUT2D eigenvalue weighted by molar-refractivity contribution is -0.120. The molecular weight excluding hydrogens is 422 g/mol. The molecule has 0 fully saturated rings. The molecule has 6 nitrogen and oxygen atoms in total. The Morgan fingerprint density at radius 2 is 1.84 bits per heavy atom. The molecule has 1 heterocycles. The highest BCUT2D eigenvalue weighted by Crippen LogP contribution is 2.29. The molecule has 2 aromatic carbocycles. The Kier molecular flexibility index (Phi) is 8.47. The first-order valence-electron chi connectivity index (χ1n) is 11.1. The first-order valence-corrected chi connectivity index (χ1v) is 11.9. The number of nitrogens with one attached hydrogen (secondary N) is 1. The smallest absolute Gasteiger partial charge is 0.266 e. The molecule has 3 aromatic rings. The summed E-state index contributed by atoms with van der Waals surface area (Å²) in [6.45, 7) is 9.83. The third kappa shape index (κ3) is 5.58. The highest BCUT2D eigenvalue weighted by atomic mass is 32.2. The Bertz CT molecular complexity index is 1130. The van der Waals surface area contributed by atoms with Crippen LogP contribution in [-0.4, -0.2) is 40.5 Å². The van der Waals surface area contributed by atoms with Gasteiger partial charge < -0.3 is 10.1 Å². The summed E-state index contributed by atoms with van der Waals surface area (Å²) in [5.41, 5.74) is 2.36. The van der Waals surface area contributed by atoms with Gasteiger partial charge in [0.25, 0.3) is 5.56 Å². The highest BCUT2D eigenvalue weighted by Gasteiger charge is 2.21. The Labute approximate surface area is 193 Å². The van der Waals surface area contributed by atoms with Gasteiger partial charge in [-0.05, 0) is 49.9 Å². The van der Waals surface area contributed by atoms with Gasteiger partial charge in [-0.3, -0.25) is 14.2 Å². The van der Waals surface area contributed by atoms with Gasteiger partial charge in [-0.1, -0.05) is 55.9 Å². The second-order valence-electron chi connectivity index (χ2n) is 7.87. The van der Waals surface area contributed by atoms with E-state index in [1.807, 2.05) is 56.3 Å². The SMILES string of the molecule is CCOCCCNC(=O)C(C)Sc1nc2ccccc2c(=O)n1-c1ccccc1C(C)C. The number of ether oxygens (including phenoxy) is 1. The topological polar surface area (TPSA) is 73.2 Å². The van der Waals surface area contributed by atoms with Crippen LogP contribution in [0.3, 0.4) is 0 Å². The molecular formula is C25H31N3O3S. The van der Waals surface area contributed by atoms with Crippen LogP contribution in [0.5, 0.6) is 0 Å². The maximum atomic E-state index is 13.5. The summed E-state index contributed by atoms with van der Waals surface area (Å²) >= 11 is 1.30. The number of rotatable bonds is 10. The van der Waals surface area contributed by atoms with Crippen molar-refractivity contribution in [2.45, 2.75) is 50.4 Å². The Morgan fingerprint density at radius 1 is 1.12 bits per heavy atom. The lowest BCUT2D eigenvalue weighted by atomic mass is 10.0. The minimum atomic E-state index is -0.410. The Balaban J connectivity index is 1.97. The van der Waals surface area contributed by atoms with Crippen LogP contribution in [0.4, 0.5) is 0 Å². The number of thioether (sulfide) groups is 1. The first-order chi connectivity index (χ1) is 15.4. The van der Waals surface area contributed by atoms with Gasteiger partial charge in [-0.15, -0.1) is 0 Å². The Morgan fingerprint density at radius 3 is 2.59 bits per heavy atom.